The van der Waals surface area contributed by atoms with Gasteiger partial charge in [0.15, 0.2) is 0 Å². The van der Waals surface area contributed by atoms with E-state index >= 15 is 0 Å². The first-order chi connectivity index (χ1) is 8.72. The first-order valence-electron chi connectivity index (χ1n) is 6.26. The molecule has 0 unspecified atom stereocenters. The van der Waals surface area contributed by atoms with Gasteiger partial charge in [-0.2, -0.15) is 8.42 Å². The molecule has 116 valence electrons. The SMILES string of the molecule is CCCCC[C@@H](O)[C@@H](O)[C@H](OS(C)(=O)=O)[C@H](O)CO. The summed E-state index contributed by atoms with van der Waals surface area (Å²) in [6.07, 6.45) is -2.50. The Morgan fingerprint density at radius 3 is 2.11 bits per heavy atom. The maximum Gasteiger partial charge on any atom is 0.264 e. The maximum atomic E-state index is 11.0. The predicted octanol–water partition coefficient (Wildman–Crippen LogP) is -1.01. The monoisotopic (exact) mass is 300 g/mol. The minimum absolute atomic E-state index is 0.261. The molecule has 0 aliphatic carbocycles. The molecule has 0 aromatic rings. The number of hydrogen-bond acceptors (Lipinski definition) is 7. The lowest BCUT2D eigenvalue weighted by atomic mass is 9.99. The van der Waals surface area contributed by atoms with Gasteiger partial charge >= 0.3 is 0 Å². The second-order valence-electron chi connectivity index (χ2n) is 4.57. The molecule has 0 heterocycles. The van der Waals surface area contributed by atoms with Crippen LogP contribution in [0.2, 0.25) is 0 Å². The molecule has 0 aliphatic heterocycles. The van der Waals surface area contributed by atoms with Gasteiger partial charge < -0.3 is 20.4 Å². The highest BCUT2D eigenvalue weighted by Crippen LogP contribution is 2.16. The summed E-state index contributed by atoms with van der Waals surface area (Å²) in [6, 6.07) is 0. The summed E-state index contributed by atoms with van der Waals surface area (Å²) in [7, 11) is -3.92. The Kier molecular flexibility index (Phi) is 8.71. The van der Waals surface area contributed by atoms with Gasteiger partial charge in [-0.25, -0.2) is 0 Å². The maximum absolute atomic E-state index is 11.0. The van der Waals surface area contributed by atoms with Crippen molar-refractivity contribution in [1.29, 1.82) is 0 Å². The zero-order valence-corrected chi connectivity index (χ0v) is 12.1. The first kappa shape index (κ1) is 18.8. The molecular formula is C11H24O7S. The third kappa shape index (κ3) is 7.81. The molecular weight excluding hydrogens is 276 g/mol. The van der Waals surface area contributed by atoms with Crippen molar-refractivity contribution in [3.8, 4) is 0 Å². The molecule has 0 saturated heterocycles. The quantitative estimate of drug-likeness (QED) is 0.301. The second kappa shape index (κ2) is 8.83. The molecule has 0 aliphatic rings. The number of hydrogen-bond donors (Lipinski definition) is 4. The summed E-state index contributed by atoms with van der Waals surface area (Å²) in [5.41, 5.74) is 0. The summed E-state index contributed by atoms with van der Waals surface area (Å²) in [6.45, 7) is 1.20. The van der Waals surface area contributed by atoms with Crippen molar-refractivity contribution in [2.45, 2.75) is 57.0 Å². The lowest BCUT2D eigenvalue weighted by molar-refractivity contribution is -0.103. The third-order valence-corrected chi connectivity index (χ3v) is 3.26. The molecule has 0 spiro atoms. The Morgan fingerprint density at radius 1 is 1.11 bits per heavy atom. The number of unbranched alkanes of at least 4 members (excludes halogenated alkanes) is 2. The fraction of sp³-hybridized carbons (Fsp3) is 1.00. The highest BCUT2D eigenvalue weighted by molar-refractivity contribution is 7.86. The van der Waals surface area contributed by atoms with E-state index in [1.54, 1.807) is 0 Å². The minimum atomic E-state index is -3.92. The van der Waals surface area contributed by atoms with Crippen LogP contribution in [0.5, 0.6) is 0 Å². The third-order valence-electron chi connectivity index (χ3n) is 2.69. The molecule has 7 nitrogen and oxygen atoms in total. The van der Waals surface area contributed by atoms with Crippen LogP contribution in [0.4, 0.5) is 0 Å². The summed E-state index contributed by atoms with van der Waals surface area (Å²) in [5.74, 6) is 0. The number of aliphatic hydroxyl groups excluding tert-OH is 4. The summed E-state index contributed by atoms with van der Waals surface area (Å²) in [4.78, 5) is 0. The van der Waals surface area contributed by atoms with Gasteiger partial charge in [-0.15, -0.1) is 0 Å². The van der Waals surface area contributed by atoms with E-state index in [9.17, 15) is 23.7 Å². The van der Waals surface area contributed by atoms with Gasteiger partial charge in [-0.05, 0) is 6.42 Å². The molecule has 19 heavy (non-hydrogen) atoms. The van der Waals surface area contributed by atoms with Crippen molar-refractivity contribution < 1.29 is 33.0 Å². The Morgan fingerprint density at radius 2 is 1.68 bits per heavy atom. The summed E-state index contributed by atoms with van der Waals surface area (Å²) >= 11 is 0. The van der Waals surface area contributed by atoms with E-state index in [1.165, 1.54) is 0 Å². The zero-order chi connectivity index (χ0) is 15.1. The lowest BCUT2D eigenvalue weighted by Gasteiger charge is -2.28. The van der Waals surface area contributed by atoms with Gasteiger partial charge in [0.2, 0.25) is 0 Å². The molecule has 0 amide bonds. The smallest absolute Gasteiger partial charge is 0.264 e. The molecule has 0 fully saturated rings. The topological polar surface area (TPSA) is 124 Å². The number of rotatable bonds is 10. The molecule has 4 N–H and O–H groups in total. The Labute approximate surface area is 114 Å². The molecule has 0 radical (unpaired) electrons. The van der Waals surface area contributed by atoms with Crippen molar-refractivity contribution in [2.24, 2.45) is 0 Å². The zero-order valence-electron chi connectivity index (χ0n) is 11.3. The first-order valence-corrected chi connectivity index (χ1v) is 8.07. The summed E-state index contributed by atoms with van der Waals surface area (Å²) in [5, 5.41) is 37.9. The van der Waals surface area contributed by atoms with Crippen LogP contribution in [0.1, 0.15) is 32.6 Å². The van der Waals surface area contributed by atoms with Crippen LogP contribution in [-0.2, 0) is 14.3 Å². The minimum Gasteiger partial charge on any atom is -0.394 e. The highest BCUT2D eigenvalue weighted by Gasteiger charge is 2.35. The fourth-order valence-corrected chi connectivity index (χ4v) is 2.29. The average Bonchev–Trinajstić information content (AvgIpc) is 2.33. The van der Waals surface area contributed by atoms with E-state index in [0.29, 0.717) is 6.42 Å². The van der Waals surface area contributed by atoms with E-state index in [2.05, 4.69) is 4.18 Å². The molecule has 0 rings (SSSR count). The molecule has 4 atom stereocenters. The van der Waals surface area contributed by atoms with Crippen LogP contribution in [0.3, 0.4) is 0 Å². The van der Waals surface area contributed by atoms with Crippen molar-refractivity contribution in [3.63, 3.8) is 0 Å². The summed E-state index contributed by atoms with van der Waals surface area (Å²) < 4.78 is 26.6. The van der Waals surface area contributed by atoms with Crippen LogP contribution < -0.4 is 0 Å². The van der Waals surface area contributed by atoms with Crippen LogP contribution in [0, 0.1) is 0 Å². The van der Waals surface area contributed by atoms with Crippen LogP contribution in [-0.4, -0.2) is 66.1 Å². The van der Waals surface area contributed by atoms with Crippen molar-refractivity contribution in [3.05, 3.63) is 0 Å². The Bertz CT molecular complexity index is 330. The molecule has 0 aromatic carbocycles. The normalized spacial score (nSPS) is 18.8. The Hall–Kier alpha value is -0.250. The second-order valence-corrected chi connectivity index (χ2v) is 6.17. The molecule has 0 bridgehead atoms. The van der Waals surface area contributed by atoms with Gasteiger partial charge in [0.25, 0.3) is 10.1 Å². The van der Waals surface area contributed by atoms with Crippen LogP contribution >= 0.6 is 0 Å². The highest BCUT2D eigenvalue weighted by atomic mass is 32.2. The van der Waals surface area contributed by atoms with Crippen LogP contribution in [0.15, 0.2) is 0 Å². The lowest BCUT2D eigenvalue weighted by Crippen LogP contribution is -2.48. The van der Waals surface area contributed by atoms with E-state index in [0.717, 1.165) is 19.1 Å². The van der Waals surface area contributed by atoms with E-state index in [1.807, 2.05) is 6.92 Å². The van der Waals surface area contributed by atoms with Crippen LogP contribution in [0.25, 0.3) is 0 Å². The molecule has 0 saturated carbocycles. The largest absolute Gasteiger partial charge is 0.394 e. The number of aliphatic hydroxyl groups is 4. The van der Waals surface area contributed by atoms with Crippen molar-refractivity contribution in [2.75, 3.05) is 12.9 Å². The van der Waals surface area contributed by atoms with Crippen molar-refractivity contribution >= 4 is 10.1 Å². The predicted molar refractivity (Wildman–Crippen MR) is 69.0 cm³/mol. The van der Waals surface area contributed by atoms with E-state index in [-0.39, 0.29) is 6.42 Å². The van der Waals surface area contributed by atoms with Gasteiger partial charge in [0.05, 0.1) is 19.0 Å². The standard InChI is InChI=1S/C11H24O7S/c1-3-4-5-6-8(13)10(15)11(9(14)7-12)18-19(2,16)17/h8-15H,3-7H2,1-2H3/t8-,9-,10-,11-/m1/s1. The van der Waals surface area contributed by atoms with E-state index in [4.69, 9.17) is 5.11 Å². The van der Waals surface area contributed by atoms with Gasteiger partial charge in [-0.1, -0.05) is 26.2 Å². The van der Waals surface area contributed by atoms with Crippen molar-refractivity contribution in [1.82, 2.24) is 0 Å². The average molecular weight is 300 g/mol. The van der Waals surface area contributed by atoms with Gasteiger partial charge in [0, 0.05) is 0 Å². The van der Waals surface area contributed by atoms with E-state index < -0.39 is 41.1 Å². The molecule has 0 aromatic heterocycles. The Balaban J connectivity index is 4.65. The van der Waals surface area contributed by atoms with Gasteiger partial charge in [0.1, 0.15) is 18.3 Å². The van der Waals surface area contributed by atoms with Gasteiger partial charge in [-0.3, -0.25) is 4.18 Å². The fourth-order valence-electron chi connectivity index (χ4n) is 1.65. The molecule has 8 heteroatoms.